The molecule has 3 fully saturated rings. The van der Waals surface area contributed by atoms with Crippen molar-refractivity contribution in [1.29, 1.82) is 0 Å². The van der Waals surface area contributed by atoms with Crippen LogP contribution in [0.4, 0.5) is 0 Å². The summed E-state index contributed by atoms with van der Waals surface area (Å²) in [5.41, 5.74) is 0. The Morgan fingerprint density at radius 1 is 1.25 bits per heavy atom. The van der Waals surface area contributed by atoms with Gasteiger partial charge in [0.15, 0.2) is 0 Å². The van der Waals surface area contributed by atoms with Gasteiger partial charge in [0.1, 0.15) is 0 Å². The molecule has 3 aliphatic heterocycles. The number of fused-ring (bicyclic) bond motifs is 1. The molecule has 1 amide bonds. The monoisotopic (exact) mass is 302 g/mol. The van der Waals surface area contributed by atoms with Gasteiger partial charge in [-0.1, -0.05) is 6.92 Å². The average molecular weight is 303 g/mol. The lowest BCUT2D eigenvalue weighted by molar-refractivity contribution is -0.136. The predicted molar refractivity (Wildman–Crippen MR) is 81.0 cm³/mol. The molecular formula is C15H27ClN2O2. The van der Waals surface area contributed by atoms with E-state index in [1.54, 1.807) is 0 Å². The molecule has 3 atom stereocenters. The second-order valence-corrected chi connectivity index (χ2v) is 6.65. The smallest absolute Gasteiger partial charge is 0.222 e. The average Bonchev–Trinajstić information content (AvgIpc) is 2.89. The van der Waals surface area contributed by atoms with Crippen LogP contribution in [0.1, 0.15) is 26.2 Å². The molecular weight excluding hydrogens is 276 g/mol. The molecule has 3 saturated heterocycles. The first-order chi connectivity index (χ1) is 9.24. The number of carbonyl (C=O) groups excluding carboxylic acids is 1. The van der Waals surface area contributed by atoms with Crippen LogP contribution in [-0.4, -0.2) is 50.2 Å². The summed E-state index contributed by atoms with van der Waals surface area (Å²) in [5, 5.41) is 3.45. The molecule has 0 aromatic carbocycles. The highest BCUT2D eigenvalue weighted by molar-refractivity contribution is 5.85. The first-order valence-electron chi connectivity index (χ1n) is 7.80. The summed E-state index contributed by atoms with van der Waals surface area (Å²) < 4.78 is 5.69. The Morgan fingerprint density at radius 2 is 2.00 bits per heavy atom. The van der Waals surface area contributed by atoms with E-state index < -0.39 is 0 Å². The van der Waals surface area contributed by atoms with E-state index in [0.717, 1.165) is 45.3 Å². The molecule has 0 aromatic heterocycles. The van der Waals surface area contributed by atoms with Crippen LogP contribution in [-0.2, 0) is 9.53 Å². The summed E-state index contributed by atoms with van der Waals surface area (Å²) in [7, 11) is 0. The van der Waals surface area contributed by atoms with Crippen molar-refractivity contribution in [2.75, 3.05) is 39.4 Å². The molecule has 1 N–H and O–H groups in total. The second-order valence-electron chi connectivity index (χ2n) is 6.65. The fraction of sp³-hybridized carbons (Fsp3) is 0.933. The number of piperidine rings is 1. The number of amides is 1. The highest BCUT2D eigenvalue weighted by Gasteiger charge is 2.38. The van der Waals surface area contributed by atoms with Gasteiger partial charge in [0.05, 0.1) is 13.2 Å². The van der Waals surface area contributed by atoms with E-state index in [2.05, 4.69) is 17.1 Å². The lowest BCUT2D eigenvalue weighted by Gasteiger charge is -2.35. The van der Waals surface area contributed by atoms with Gasteiger partial charge in [-0.2, -0.15) is 0 Å². The zero-order chi connectivity index (χ0) is 13.2. The van der Waals surface area contributed by atoms with E-state index in [-0.39, 0.29) is 12.4 Å². The summed E-state index contributed by atoms with van der Waals surface area (Å²) in [6, 6.07) is 0. The summed E-state index contributed by atoms with van der Waals surface area (Å²) >= 11 is 0. The molecule has 3 rings (SSSR count). The Bertz CT molecular complexity index is 332. The third-order valence-corrected chi connectivity index (χ3v) is 5.23. The normalized spacial score (nSPS) is 34.5. The number of nitrogens with zero attached hydrogens (tertiary/aromatic N) is 1. The predicted octanol–water partition coefficient (Wildman–Crippen LogP) is 1.54. The molecule has 4 nitrogen and oxygen atoms in total. The lowest BCUT2D eigenvalue weighted by Crippen LogP contribution is -2.42. The number of ether oxygens (including phenoxy) is 1. The van der Waals surface area contributed by atoms with Gasteiger partial charge >= 0.3 is 0 Å². The topological polar surface area (TPSA) is 41.6 Å². The van der Waals surface area contributed by atoms with Crippen molar-refractivity contribution in [3.8, 4) is 0 Å². The van der Waals surface area contributed by atoms with Crippen LogP contribution in [0.3, 0.4) is 0 Å². The van der Waals surface area contributed by atoms with Gasteiger partial charge in [0.25, 0.3) is 0 Å². The highest BCUT2D eigenvalue weighted by atomic mass is 35.5. The van der Waals surface area contributed by atoms with Crippen LogP contribution >= 0.6 is 12.4 Å². The quantitative estimate of drug-likeness (QED) is 0.841. The number of hydrogen-bond acceptors (Lipinski definition) is 3. The molecule has 3 heterocycles. The molecule has 0 bridgehead atoms. The fourth-order valence-corrected chi connectivity index (χ4v) is 3.80. The third-order valence-electron chi connectivity index (χ3n) is 5.23. The Morgan fingerprint density at radius 3 is 2.75 bits per heavy atom. The Labute approximate surface area is 128 Å². The maximum atomic E-state index is 12.4. The second kappa shape index (κ2) is 7.10. The summed E-state index contributed by atoms with van der Waals surface area (Å²) in [4.78, 5) is 14.5. The molecule has 0 saturated carbocycles. The molecule has 3 aliphatic rings. The van der Waals surface area contributed by atoms with E-state index >= 15 is 0 Å². The van der Waals surface area contributed by atoms with Crippen LogP contribution < -0.4 is 5.32 Å². The van der Waals surface area contributed by atoms with Crippen molar-refractivity contribution in [1.82, 2.24) is 10.2 Å². The fourth-order valence-electron chi connectivity index (χ4n) is 3.80. The largest absolute Gasteiger partial charge is 0.381 e. The van der Waals surface area contributed by atoms with Crippen LogP contribution in [0, 0.1) is 23.7 Å². The van der Waals surface area contributed by atoms with E-state index in [9.17, 15) is 4.79 Å². The standard InChI is InChI=1S/C15H26N2O2.ClH/c1-11-2-4-17(5-3-11)15(18)6-12-9-19-10-13-7-16-8-14(12)13;/h11-14,16H,2-10H2,1H3;1H/t12-,13-,14+;/m1./s1. The zero-order valence-corrected chi connectivity index (χ0v) is 13.2. The summed E-state index contributed by atoms with van der Waals surface area (Å²) in [5.74, 6) is 2.86. The van der Waals surface area contributed by atoms with Gasteiger partial charge in [0, 0.05) is 26.1 Å². The van der Waals surface area contributed by atoms with E-state index in [0.29, 0.717) is 30.1 Å². The maximum absolute atomic E-state index is 12.4. The van der Waals surface area contributed by atoms with Crippen LogP contribution in [0.5, 0.6) is 0 Å². The summed E-state index contributed by atoms with van der Waals surface area (Å²) in [6.07, 6.45) is 3.03. The van der Waals surface area contributed by atoms with E-state index in [1.165, 1.54) is 12.8 Å². The number of halogens is 1. The van der Waals surface area contributed by atoms with Crippen molar-refractivity contribution in [2.24, 2.45) is 23.7 Å². The van der Waals surface area contributed by atoms with Crippen molar-refractivity contribution in [3.63, 3.8) is 0 Å². The Hall–Kier alpha value is -0.320. The number of hydrogen-bond donors (Lipinski definition) is 1. The third kappa shape index (κ3) is 3.46. The molecule has 116 valence electrons. The lowest BCUT2D eigenvalue weighted by atomic mass is 9.80. The maximum Gasteiger partial charge on any atom is 0.222 e. The molecule has 0 radical (unpaired) electrons. The van der Waals surface area contributed by atoms with Gasteiger partial charge < -0.3 is 15.0 Å². The first kappa shape index (κ1) is 16.1. The van der Waals surface area contributed by atoms with Gasteiger partial charge in [-0.05, 0) is 43.1 Å². The van der Waals surface area contributed by atoms with Gasteiger partial charge in [-0.15, -0.1) is 12.4 Å². The molecule has 5 heteroatoms. The van der Waals surface area contributed by atoms with Crippen LogP contribution in [0.15, 0.2) is 0 Å². The van der Waals surface area contributed by atoms with Crippen LogP contribution in [0.25, 0.3) is 0 Å². The van der Waals surface area contributed by atoms with Gasteiger partial charge in [0.2, 0.25) is 5.91 Å². The summed E-state index contributed by atoms with van der Waals surface area (Å²) in [6.45, 7) is 7.99. The van der Waals surface area contributed by atoms with Crippen molar-refractivity contribution >= 4 is 18.3 Å². The SMILES string of the molecule is CC1CCN(C(=O)C[C@@H]2COC[C@H]3CNC[C@H]32)CC1.Cl. The molecule has 0 aliphatic carbocycles. The molecule has 0 spiro atoms. The van der Waals surface area contributed by atoms with Gasteiger partial charge in [-0.3, -0.25) is 4.79 Å². The minimum absolute atomic E-state index is 0. The van der Waals surface area contributed by atoms with E-state index in [1.807, 2.05) is 0 Å². The number of rotatable bonds is 2. The highest BCUT2D eigenvalue weighted by Crippen LogP contribution is 2.32. The van der Waals surface area contributed by atoms with E-state index in [4.69, 9.17) is 4.74 Å². The van der Waals surface area contributed by atoms with Crippen molar-refractivity contribution in [2.45, 2.75) is 26.2 Å². The minimum atomic E-state index is 0. The number of nitrogens with one attached hydrogen (secondary N) is 1. The molecule has 20 heavy (non-hydrogen) atoms. The number of carbonyl (C=O) groups is 1. The van der Waals surface area contributed by atoms with Crippen molar-refractivity contribution < 1.29 is 9.53 Å². The van der Waals surface area contributed by atoms with Crippen molar-refractivity contribution in [3.05, 3.63) is 0 Å². The Kier molecular flexibility index (Phi) is 5.70. The molecule has 0 aromatic rings. The zero-order valence-electron chi connectivity index (χ0n) is 12.3. The number of likely N-dealkylation sites (tertiary alicyclic amines) is 1. The van der Waals surface area contributed by atoms with Crippen LogP contribution in [0.2, 0.25) is 0 Å². The minimum Gasteiger partial charge on any atom is -0.381 e. The Balaban J connectivity index is 0.00000147. The van der Waals surface area contributed by atoms with Gasteiger partial charge in [-0.25, -0.2) is 0 Å². The first-order valence-corrected chi connectivity index (χ1v) is 7.80. The molecule has 0 unspecified atom stereocenters.